The number of hydrogen-bond acceptors (Lipinski definition) is 0. The van der Waals surface area contributed by atoms with Gasteiger partial charge in [0.2, 0.25) is 0 Å². The van der Waals surface area contributed by atoms with Gasteiger partial charge in [-0.1, -0.05) is 50.6 Å². The molecule has 0 amide bonds. The molecule has 1 rings (SSSR count). The zero-order chi connectivity index (χ0) is 13.7. The molecule has 0 aliphatic carbocycles. The maximum Gasteiger partial charge on any atom is 0.122 e. The van der Waals surface area contributed by atoms with E-state index in [1.165, 1.54) is 6.92 Å². The summed E-state index contributed by atoms with van der Waals surface area (Å²) in [5.74, 6) is 2.86. The van der Waals surface area contributed by atoms with E-state index < -0.39 is 6.17 Å². The summed E-state index contributed by atoms with van der Waals surface area (Å²) in [7, 11) is 0. The third-order valence-electron chi connectivity index (χ3n) is 2.93. The number of allylic oxidation sites excluding steroid dienone is 3. The first-order valence-corrected chi connectivity index (χ1v) is 6.07. The van der Waals surface area contributed by atoms with Crippen LogP contribution in [0.1, 0.15) is 38.1 Å². The lowest BCUT2D eigenvalue weighted by molar-refractivity contribution is 0.374. The summed E-state index contributed by atoms with van der Waals surface area (Å²) in [6, 6.07) is 7.36. The van der Waals surface area contributed by atoms with Crippen LogP contribution in [-0.2, 0) is 0 Å². The van der Waals surface area contributed by atoms with Crippen LogP contribution in [0.15, 0.2) is 42.5 Å². The lowest BCUT2D eigenvalue weighted by atomic mass is 9.90. The van der Waals surface area contributed by atoms with E-state index in [0.717, 1.165) is 16.7 Å². The van der Waals surface area contributed by atoms with Crippen LogP contribution in [0.2, 0.25) is 0 Å². The van der Waals surface area contributed by atoms with Crippen molar-refractivity contribution in [1.29, 1.82) is 0 Å². The molecule has 0 fully saturated rings. The van der Waals surface area contributed by atoms with Crippen LogP contribution in [0.3, 0.4) is 0 Å². The van der Waals surface area contributed by atoms with E-state index in [0.29, 0.717) is 11.5 Å². The number of benzene rings is 1. The number of alkyl halides is 1. The summed E-state index contributed by atoms with van der Waals surface area (Å²) in [5.41, 5.74) is 3.60. The van der Waals surface area contributed by atoms with Crippen molar-refractivity contribution in [2.24, 2.45) is 5.92 Å². The van der Waals surface area contributed by atoms with E-state index >= 15 is 0 Å². The Kier molecular flexibility index (Phi) is 4.92. The van der Waals surface area contributed by atoms with Gasteiger partial charge in [0.05, 0.1) is 0 Å². The molecule has 0 bridgehead atoms. The maximum atomic E-state index is 13.1. The molecule has 0 saturated carbocycles. The molecule has 0 N–H and O–H groups in total. The van der Waals surface area contributed by atoms with Crippen molar-refractivity contribution in [1.82, 2.24) is 0 Å². The molecular formula is C17H19F. The molecule has 1 heteroatoms. The lowest BCUT2D eigenvalue weighted by Crippen LogP contribution is -1.97. The van der Waals surface area contributed by atoms with Crippen LogP contribution >= 0.6 is 0 Å². The van der Waals surface area contributed by atoms with Crippen LogP contribution < -0.4 is 0 Å². The van der Waals surface area contributed by atoms with Crippen molar-refractivity contribution >= 4 is 5.57 Å². The predicted molar refractivity (Wildman–Crippen MR) is 76.8 cm³/mol. The minimum absolute atomic E-state index is 0.313. The average Bonchev–Trinajstić information content (AvgIpc) is 2.35. The highest BCUT2D eigenvalue weighted by Gasteiger charge is 2.10. The molecule has 1 aromatic rings. The Morgan fingerprint density at radius 2 is 1.83 bits per heavy atom. The van der Waals surface area contributed by atoms with Crippen LogP contribution in [0, 0.1) is 18.3 Å². The predicted octanol–water partition coefficient (Wildman–Crippen LogP) is 4.95. The standard InChI is InChI=1S/C17H19F/c1-6-7-17(12(2)3)13(4)15-8-10-16(11-9-15)14(5)18/h1,7-12,14H,4H2,2-3,5H3/b17-7-. The second-order valence-corrected chi connectivity index (χ2v) is 4.64. The maximum absolute atomic E-state index is 13.1. The van der Waals surface area contributed by atoms with Gasteiger partial charge >= 0.3 is 0 Å². The van der Waals surface area contributed by atoms with Crippen LogP contribution in [0.25, 0.3) is 5.57 Å². The second-order valence-electron chi connectivity index (χ2n) is 4.64. The topological polar surface area (TPSA) is 0 Å². The average molecular weight is 242 g/mol. The smallest absolute Gasteiger partial charge is 0.122 e. The molecular weight excluding hydrogens is 223 g/mol. The summed E-state index contributed by atoms with van der Waals surface area (Å²) in [6.07, 6.45) is 6.13. The summed E-state index contributed by atoms with van der Waals surface area (Å²) in [4.78, 5) is 0. The van der Waals surface area contributed by atoms with E-state index in [1.54, 1.807) is 18.2 Å². The van der Waals surface area contributed by atoms with E-state index in [4.69, 9.17) is 6.42 Å². The van der Waals surface area contributed by atoms with Crippen LogP contribution in [0.5, 0.6) is 0 Å². The fourth-order valence-electron chi connectivity index (χ4n) is 1.81. The number of terminal acetylenes is 1. The summed E-state index contributed by atoms with van der Waals surface area (Å²) in [5, 5.41) is 0. The van der Waals surface area contributed by atoms with Gasteiger partial charge in [0.1, 0.15) is 6.17 Å². The molecule has 1 atom stereocenters. The molecule has 94 valence electrons. The molecule has 18 heavy (non-hydrogen) atoms. The van der Waals surface area contributed by atoms with E-state index in [2.05, 4.69) is 26.3 Å². The fourth-order valence-corrected chi connectivity index (χ4v) is 1.81. The van der Waals surface area contributed by atoms with Crippen molar-refractivity contribution in [3.05, 3.63) is 53.6 Å². The van der Waals surface area contributed by atoms with Gasteiger partial charge in [-0.15, -0.1) is 6.42 Å². The molecule has 0 aliphatic rings. The normalized spacial score (nSPS) is 13.2. The lowest BCUT2D eigenvalue weighted by Gasteiger charge is -2.14. The quantitative estimate of drug-likeness (QED) is 0.518. The molecule has 0 nitrogen and oxygen atoms in total. The minimum Gasteiger partial charge on any atom is -0.243 e. The van der Waals surface area contributed by atoms with Crippen LogP contribution in [-0.4, -0.2) is 0 Å². The second kappa shape index (κ2) is 6.21. The van der Waals surface area contributed by atoms with E-state index in [1.807, 2.05) is 12.1 Å². The number of rotatable bonds is 4. The van der Waals surface area contributed by atoms with Gasteiger partial charge in [-0.25, -0.2) is 4.39 Å². The van der Waals surface area contributed by atoms with E-state index in [9.17, 15) is 4.39 Å². The van der Waals surface area contributed by atoms with E-state index in [-0.39, 0.29) is 0 Å². The summed E-state index contributed by atoms with van der Waals surface area (Å²) in [6.45, 7) is 9.76. The van der Waals surface area contributed by atoms with Gasteiger partial charge in [0.25, 0.3) is 0 Å². The molecule has 0 aromatic heterocycles. The van der Waals surface area contributed by atoms with Gasteiger partial charge in [-0.3, -0.25) is 0 Å². The van der Waals surface area contributed by atoms with Gasteiger partial charge in [0.15, 0.2) is 0 Å². The number of halogens is 1. The Morgan fingerprint density at radius 3 is 2.22 bits per heavy atom. The minimum atomic E-state index is -0.946. The van der Waals surface area contributed by atoms with Crippen molar-refractivity contribution < 1.29 is 4.39 Å². The highest BCUT2D eigenvalue weighted by Crippen LogP contribution is 2.28. The Labute approximate surface area is 109 Å². The third kappa shape index (κ3) is 3.34. The van der Waals surface area contributed by atoms with Gasteiger partial charge in [0, 0.05) is 0 Å². The van der Waals surface area contributed by atoms with Crippen molar-refractivity contribution in [2.45, 2.75) is 26.9 Å². The third-order valence-corrected chi connectivity index (χ3v) is 2.93. The highest BCUT2D eigenvalue weighted by molar-refractivity contribution is 5.78. The first-order valence-electron chi connectivity index (χ1n) is 6.07. The molecule has 0 radical (unpaired) electrons. The zero-order valence-corrected chi connectivity index (χ0v) is 11.2. The molecule has 1 unspecified atom stereocenters. The van der Waals surface area contributed by atoms with Crippen LogP contribution in [0.4, 0.5) is 4.39 Å². The molecule has 0 heterocycles. The SMILES string of the molecule is C#C/C=C(\C(=C)c1ccc(C(C)F)cc1)C(C)C. The summed E-state index contributed by atoms with van der Waals surface area (Å²) >= 11 is 0. The van der Waals surface area contributed by atoms with Gasteiger partial charge in [-0.2, -0.15) is 0 Å². The first kappa shape index (κ1) is 14.3. The molecule has 0 spiro atoms. The summed E-state index contributed by atoms with van der Waals surface area (Å²) < 4.78 is 13.1. The largest absolute Gasteiger partial charge is 0.243 e. The van der Waals surface area contributed by atoms with Gasteiger partial charge < -0.3 is 0 Å². The van der Waals surface area contributed by atoms with Crippen molar-refractivity contribution in [3.63, 3.8) is 0 Å². The van der Waals surface area contributed by atoms with Crippen molar-refractivity contribution in [2.75, 3.05) is 0 Å². The number of hydrogen-bond donors (Lipinski definition) is 0. The molecule has 1 aromatic carbocycles. The molecule has 0 saturated heterocycles. The fraction of sp³-hybridized carbons (Fsp3) is 0.294. The Balaban J connectivity index is 3.04. The molecule has 0 aliphatic heterocycles. The highest BCUT2D eigenvalue weighted by atomic mass is 19.1. The zero-order valence-electron chi connectivity index (χ0n) is 11.2. The van der Waals surface area contributed by atoms with Crippen molar-refractivity contribution in [3.8, 4) is 12.3 Å². The first-order chi connectivity index (χ1) is 8.47. The Hall–Kier alpha value is -1.81. The monoisotopic (exact) mass is 242 g/mol. The Bertz CT molecular complexity index is 481. The Morgan fingerprint density at radius 1 is 1.28 bits per heavy atom. The van der Waals surface area contributed by atoms with Gasteiger partial charge in [-0.05, 0) is 41.2 Å².